The fourth-order valence-corrected chi connectivity index (χ4v) is 0. The van der Waals surface area contributed by atoms with Crippen LogP contribution >= 0.6 is 0 Å². The van der Waals surface area contributed by atoms with Gasteiger partial charge in [0.25, 0.3) is 0 Å². The molecule has 0 amide bonds. The molecule has 48 valence electrons. The molecule has 0 aliphatic heterocycles. The molecular weight excluding hydrogens is 161 g/mol. The molecule has 0 N–H and O–H groups in total. The van der Waals surface area contributed by atoms with E-state index in [0.29, 0.717) is 0 Å². The Morgan fingerprint density at radius 1 is 0.900 bits per heavy atom. The molecule has 0 atom stereocenters. The first-order valence-corrected chi connectivity index (χ1v) is 1.82. The molecule has 0 aliphatic rings. The van der Waals surface area contributed by atoms with Gasteiger partial charge in [-0.1, -0.05) is 0 Å². The molecule has 0 bridgehead atoms. The molecule has 0 saturated heterocycles. The smallest absolute Gasteiger partial charge is 0.550 e. The number of carbonyl (C=O) groups excluding carboxylic acids is 2. The first kappa shape index (κ1) is 22.4. The number of carboxylic acid groups (broad SMARTS) is 2. The average molecular weight is 167 g/mol. The quantitative estimate of drug-likeness (QED) is 0.354. The SMILES string of the molecule is CC(=O)[O-].CC(=O)[O-].[Mg+2].[Mg+2]. The van der Waals surface area contributed by atoms with Gasteiger partial charge in [-0.15, -0.1) is 0 Å². The number of hydrogen-bond acceptors (Lipinski definition) is 4. The maximum Gasteiger partial charge on any atom is 2.00 e. The Bertz CT molecular complexity index is 73.3. The summed E-state index contributed by atoms with van der Waals surface area (Å²) >= 11 is 0. The van der Waals surface area contributed by atoms with Crippen molar-refractivity contribution in [2.45, 2.75) is 13.8 Å². The Hall–Kier alpha value is 0.472. The van der Waals surface area contributed by atoms with E-state index in [0.717, 1.165) is 13.8 Å². The topological polar surface area (TPSA) is 80.3 Å². The molecule has 0 heterocycles. The van der Waals surface area contributed by atoms with Crippen LogP contribution in [0.25, 0.3) is 0 Å². The molecule has 6 heteroatoms. The van der Waals surface area contributed by atoms with Crippen molar-refractivity contribution in [3.8, 4) is 0 Å². The predicted octanol–water partition coefficient (Wildman–Crippen LogP) is -3.25. The van der Waals surface area contributed by atoms with Crippen LogP contribution in [-0.2, 0) is 9.59 Å². The second-order valence-electron chi connectivity index (χ2n) is 0.983. The van der Waals surface area contributed by atoms with E-state index in [4.69, 9.17) is 19.8 Å². The summed E-state index contributed by atoms with van der Waals surface area (Å²) in [4.78, 5) is 17.8. The molecule has 10 heavy (non-hydrogen) atoms. The number of rotatable bonds is 0. The largest absolute Gasteiger partial charge is 2.00 e. The molecule has 0 aromatic carbocycles. The zero-order valence-corrected chi connectivity index (χ0v) is 8.88. The predicted molar refractivity (Wildman–Crippen MR) is 32.9 cm³/mol. The Morgan fingerprint density at radius 3 is 0.900 bits per heavy atom. The number of carboxylic acids is 2. The van der Waals surface area contributed by atoms with E-state index >= 15 is 0 Å². The van der Waals surface area contributed by atoms with E-state index in [-0.39, 0.29) is 46.1 Å². The van der Waals surface area contributed by atoms with E-state index in [2.05, 4.69) is 0 Å². The number of aliphatic carboxylic acids is 2. The van der Waals surface area contributed by atoms with Gasteiger partial charge in [-0.05, 0) is 13.8 Å². The van der Waals surface area contributed by atoms with Crippen molar-refractivity contribution in [1.29, 1.82) is 0 Å². The molecule has 4 nitrogen and oxygen atoms in total. The summed E-state index contributed by atoms with van der Waals surface area (Å²) in [5.41, 5.74) is 0. The average Bonchev–Trinajstić information content (AvgIpc) is 1.25. The summed E-state index contributed by atoms with van der Waals surface area (Å²) in [6, 6.07) is 0. The monoisotopic (exact) mass is 166 g/mol. The van der Waals surface area contributed by atoms with Gasteiger partial charge >= 0.3 is 46.1 Å². The minimum absolute atomic E-state index is 0. The van der Waals surface area contributed by atoms with Gasteiger partial charge < -0.3 is 19.8 Å². The van der Waals surface area contributed by atoms with E-state index < -0.39 is 11.9 Å². The summed E-state index contributed by atoms with van der Waals surface area (Å²) in [7, 11) is 0. The molecule has 0 aromatic rings. The van der Waals surface area contributed by atoms with Crippen LogP contribution in [0, 0.1) is 0 Å². The summed E-state index contributed by atoms with van der Waals surface area (Å²) < 4.78 is 0. The first-order valence-electron chi connectivity index (χ1n) is 1.82. The fraction of sp³-hybridized carbons (Fsp3) is 0.500. The maximum atomic E-state index is 8.89. The minimum atomic E-state index is -1.08. The maximum absolute atomic E-state index is 8.89. The van der Waals surface area contributed by atoms with Crippen LogP contribution in [0.1, 0.15) is 13.8 Å². The van der Waals surface area contributed by atoms with Gasteiger partial charge in [0.2, 0.25) is 0 Å². The van der Waals surface area contributed by atoms with E-state index in [1.165, 1.54) is 0 Å². The van der Waals surface area contributed by atoms with Crippen molar-refractivity contribution in [3.63, 3.8) is 0 Å². The van der Waals surface area contributed by atoms with Crippen molar-refractivity contribution in [2.24, 2.45) is 0 Å². The van der Waals surface area contributed by atoms with Crippen LogP contribution in [0.3, 0.4) is 0 Å². The van der Waals surface area contributed by atoms with Gasteiger partial charge in [0.05, 0.1) is 0 Å². The van der Waals surface area contributed by atoms with Crippen molar-refractivity contribution in [3.05, 3.63) is 0 Å². The molecular formula is C4H6Mg2O4+2. The van der Waals surface area contributed by atoms with Crippen molar-refractivity contribution >= 4 is 58.0 Å². The molecule has 0 rings (SSSR count). The van der Waals surface area contributed by atoms with Gasteiger partial charge in [-0.2, -0.15) is 0 Å². The molecule has 0 radical (unpaired) electrons. The second-order valence-corrected chi connectivity index (χ2v) is 0.983. The van der Waals surface area contributed by atoms with E-state index in [1.807, 2.05) is 0 Å². The van der Waals surface area contributed by atoms with E-state index in [1.54, 1.807) is 0 Å². The number of carbonyl (C=O) groups is 2. The molecule has 0 unspecified atom stereocenters. The van der Waals surface area contributed by atoms with Gasteiger partial charge in [0.15, 0.2) is 0 Å². The van der Waals surface area contributed by atoms with Crippen LogP contribution in [-0.4, -0.2) is 58.0 Å². The fourth-order valence-electron chi connectivity index (χ4n) is 0. The van der Waals surface area contributed by atoms with Crippen LogP contribution in [0.5, 0.6) is 0 Å². The zero-order chi connectivity index (χ0) is 7.15. The van der Waals surface area contributed by atoms with Crippen LogP contribution < -0.4 is 10.2 Å². The van der Waals surface area contributed by atoms with Gasteiger partial charge in [0, 0.05) is 11.9 Å². The molecule has 0 aromatic heterocycles. The second kappa shape index (κ2) is 16.2. The Morgan fingerprint density at radius 2 is 0.900 bits per heavy atom. The zero-order valence-electron chi connectivity index (χ0n) is 6.05. The number of hydrogen-bond donors (Lipinski definition) is 0. The Kier molecular flexibility index (Phi) is 36.4. The summed E-state index contributed by atoms with van der Waals surface area (Å²) in [6.45, 7) is 1.94. The summed E-state index contributed by atoms with van der Waals surface area (Å²) in [5.74, 6) is -2.17. The molecule has 0 spiro atoms. The van der Waals surface area contributed by atoms with Crippen molar-refractivity contribution < 1.29 is 19.8 Å². The van der Waals surface area contributed by atoms with Crippen LogP contribution in [0.2, 0.25) is 0 Å². The first-order chi connectivity index (χ1) is 3.46. The minimum Gasteiger partial charge on any atom is -0.550 e. The van der Waals surface area contributed by atoms with Crippen molar-refractivity contribution in [2.75, 3.05) is 0 Å². The van der Waals surface area contributed by atoms with Crippen molar-refractivity contribution in [1.82, 2.24) is 0 Å². The molecule has 0 aliphatic carbocycles. The molecule has 0 saturated carbocycles. The Labute approximate surface area is 91.3 Å². The van der Waals surface area contributed by atoms with E-state index in [9.17, 15) is 0 Å². The normalized spacial score (nSPS) is 5.00. The third kappa shape index (κ3) is 2120. The van der Waals surface area contributed by atoms with Gasteiger partial charge in [-0.3, -0.25) is 0 Å². The van der Waals surface area contributed by atoms with Crippen LogP contribution in [0.15, 0.2) is 0 Å². The van der Waals surface area contributed by atoms with Crippen LogP contribution in [0.4, 0.5) is 0 Å². The Balaban J connectivity index is -0.0000000300. The third-order valence-corrected chi connectivity index (χ3v) is 0. The standard InChI is InChI=1S/2C2H4O2.2Mg/c2*1-2(3)4;;/h2*1H3,(H,3,4);;/q;;2*+2/p-2. The summed E-state index contributed by atoms with van der Waals surface area (Å²) in [5, 5.41) is 17.8. The summed E-state index contributed by atoms with van der Waals surface area (Å²) in [6.07, 6.45) is 0. The van der Waals surface area contributed by atoms with Gasteiger partial charge in [-0.25, -0.2) is 0 Å². The van der Waals surface area contributed by atoms with Gasteiger partial charge in [0.1, 0.15) is 0 Å². The third-order valence-electron chi connectivity index (χ3n) is 0. The molecule has 0 fully saturated rings.